The minimum absolute atomic E-state index is 0.252. The lowest BCUT2D eigenvalue weighted by molar-refractivity contribution is 0.223. The highest BCUT2D eigenvalue weighted by atomic mass is 16.5. The largest absolute Gasteiger partial charge is 0.490 e. The molecule has 0 radical (unpaired) electrons. The number of hydrogen-bond acceptors (Lipinski definition) is 4. The SMILES string of the molecule is CCOc1ccccc1OCCN(C)CCC(C)N. The summed E-state index contributed by atoms with van der Waals surface area (Å²) in [6.07, 6.45) is 1.01. The predicted molar refractivity (Wildman–Crippen MR) is 78.9 cm³/mol. The van der Waals surface area contributed by atoms with Gasteiger partial charge >= 0.3 is 0 Å². The molecule has 0 bridgehead atoms. The van der Waals surface area contributed by atoms with Crippen molar-refractivity contribution in [1.82, 2.24) is 4.90 Å². The van der Waals surface area contributed by atoms with Crippen molar-refractivity contribution in [2.45, 2.75) is 26.3 Å². The molecule has 1 aromatic rings. The molecule has 0 aromatic heterocycles. The number of nitrogens with zero attached hydrogens (tertiary/aromatic N) is 1. The molecule has 0 saturated carbocycles. The number of likely N-dealkylation sites (N-methyl/N-ethyl adjacent to an activating group) is 1. The van der Waals surface area contributed by atoms with Gasteiger partial charge in [-0.1, -0.05) is 12.1 Å². The van der Waals surface area contributed by atoms with Gasteiger partial charge in [-0.15, -0.1) is 0 Å². The molecule has 1 atom stereocenters. The fourth-order valence-corrected chi connectivity index (χ4v) is 1.69. The van der Waals surface area contributed by atoms with Gasteiger partial charge in [-0.2, -0.15) is 0 Å². The third-order valence-corrected chi connectivity index (χ3v) is 2.85. The topological polar surface area (TPSA) is 47.7 Å². The Labute approximate surface area is 116 Å². The number of ether oxygens (including phenoxy) is 2. The summed E-state index contributed by atoms with van der Waals surface area (Å²) in [7, 11) is 2.08. The Morgan fingerprint density at radius 3 is 2.37 bits per heavy atom. The molecular weight excluding hydrogens is 240 g/mol. The highest BCUT2D eigenvalue weighted by Gasteiger charge is 2.05. The van der Waals surface area contributed by atoms with Crippen LogP contribution in [0.15, 0.2) is 24.3 Å². The van der Waals surface area contributed by atoms with E-state index in [0.29, 0.717) is 13.2 Å². The van der Waals surface area contributed by atoms with Crippen molar-refractivity contribution in [3.63, 3.8) is 0 Å². The van der Waals surface area contributed by atoms with E-state index in [9.17, 15) is 0 Å². The Balaban J connectivity index is 2.32. The zero-order valence-electron chi connectivity index (χ0n) is 12.3. The maximum atomic E-state index is 5.77. The van der Waals surface area contributed by atoms with Gasteiger partial charge in [-0.05, 0) is 46.0 Å². The number of nitrogens with two attached hydrogens (primary N) is 1. The summed E-state index contributed by atoms with van der Waals surface area (Å²) in [5.74, 6) is 1.62. The fraction of sp³-hybridized carbons (Fsp3) is 0.600. The van der Waals surface area contributed by atoms with Gasteiger partial charge in [0.2, 0.25) is 0 Å². The lowest BCUT2D eigenvalue weighted by Crippen LogP contribution is -2.29. The molecule has 19 heavy (non-hydrogen) atoms. The predicted octanol–water partition coefficient (Wildman–Crippen LogP) is 2.13. The van der Waals surface area contributed by atoms with E-state index in [4.69, 9.17) is 15.2 Å². The van der Waals surface area contributed by atoms with Crippen LogP contribution in [0.2, 0.25) is 0 Å². The van der Waals surface area contributed by atoms with Gasteiger partial charge in [-0.25, -0.2) is 0 Å². The second kappa shape index (κ2) is 8.77. The summed E-state index contributed by atoms with van der Waals surface area (Å²) in [6.45, 7) is 7.18. The Hall–Kier alpha value is -1.26. The molecule has 0 fully saturated rings. The Bertz CT molecular complexity index is 356. The summed E-state index contributed by atoms with van der Waals surface area (Å²) < 4.78 is 11.3. The van der Waals surface area contributed by atoms with E-state index in [1.807, 2.05) is 38.1 Å². The molecule has 1 unspecified atom stereocenters. The Morgan fingerprint density at radius 2 is 1.79 bits per heavy atom. The average Bonchev–Trinajstić information content (AvgIpc) is 2.39. The van der Waals surface area contributed by atoms with Crippen LogP contribution in [0.4, 0.5) is 0 Å². The number of benzene rings is 1. The standard InChI is InChI=1S/C15H26N2O2/c1-4-18-14-7-5-6-8-15(14)19-12-11-17(3)10-9-13(2)16/h5-8,13H,4,9-12,16H2,1-3H3. The van der Waals surface area contributed by atoms with Crippen LogP contribution in [0.25, 0.3) is 0 Å². The molecule has 0 spiro atoms. The zero-order valence-corrected chi connectivity index (χ0v) is 12.3. The lowest BCUT2D eigenvalue weighted by atomic mass is 10.2. The molecule has 1 rings (SSSR count). The summed E-state index contributed by atoms with van der Waals surface area (Å²) in [5.41, 5.74) is 5.74. The molecule has 4 heteroatoms. The maximum Gasteiger partial charge on any atom is 0.161 e. The van der Waals surface area contributed by atoms with Crippen LogP contribution < -0.4 is 15.2 Å². The molecule has 0 aliphatic rings. The molecule has 4 nitrogen and oxygen atoms in total. The van der Waals surface area contributed by atoms with Gasteiger partial charge < -0.3 is 20.1 Å². The lowest BCUT2D eigenvalue weighted by Gasteiger charge is -2.18. The maximum absolute atomic E-state index is 5.77. The second-order valence-corrected chi connectivity index (χ2v) is 4.80. The van der Waals surface area contributed by atoms with E-state index >= 15 is 0 Å². The van der Waals surface area contributed by atoms with Crippen LogP contribution in [-0.4, -0.2) is 44.3 Å². The number of rotatable bonds is 9. The summed E-state index contributed by atoms with van der Waals surface area (Å²) in [4.78, 5) is 2.23. The van der Waals surface area contributed by atoms with Gasteiger partial charge in [0.05, 0.1) is 6.61 Å². The monoisotopic (exact) mass is 266 g/mol. The first-order valence-corrected chi connectivity index (χ1v) is 6.92. The van der Waals surface area contributed by atoms with E-state index < -0.39 is 0 Å². The third kappa shape index (κ3) is 6.45. The van der Waals surface area contributed by atoms with E-state index in [0.717, 1.165) is 31.0 Å². The summed E-state index contributed by atoms with van der Waals surface area (Å²) in [6, 6.07) is 8.03. The number of para-hydroxylation sites is 2. The molecule has 2 N–H and O–H groups in total. The van der Waals surface area contributed by atoms with Gasteiger partial charge in [0.15, 0.2) is 11.5 Å². The van der Waals surface area contributed by atoms with Crippen LogP contribution in [0.5, 0.6) is 11.5 Å². The molecule has 0 amide bonds. The number of hydrogen-bond donors (Lipinski definition) is 1. The minimum atomic E-state index is 0.252. The van der Waals surface area contributed by atoms with Crippen molar-refractivity contribution in [3.8, 4) is 11.5 Å². The molecule has 1 aromatic carbocycles. The first kappa shape index (κ1) is 15.8. The van der Waals surface area contributed by atoms with Crippen molar-refractivity contribution in [2.24, 2.45) is 5.73 Å². The smallest absolute Gasteiger partial charge is 0.161 e. The first-order chi connectivity index (χ1) is 9.13. The third-order valence-electron chi connectivity index (χ3n) is 2.85. The van der Waals surface area contributed by atoms with Crippen LogP contribution in [0.1, 0.15) is 20.3 Å². The van der Waals surface area contributed by atoms with Crippen molar-refractivity contribution in [2.75, 3.05) is 33.4 Å². The van der Waals surface area contributed by atoms with E-state index in [2.05, 4.69) is 11.9 Å². The van der Waals surface area contributed by atoms with Gasteiger partial charge in [0.1, 0.15) is 6.61 Å². The molecule has 0 heterocycles. The van der Waals surface area contributed by atoms with E-state index in [1.165, 1.54) is 0 Å². The fourth-order valence-electron chi connectivity index (χ4n) is 1.69. The average molecular weight is 266 g/mol. The van der Waals surface area contributed by atoms with E-state index in [1.54, 1.807) is 0 Å². The highest BCUT2D eigenvalue weighted by molar-refractivity contribution is 5.39. The first-order valence-electron chi connectivity index (χ1n) is 6.92. The van der Waals surface area contributed by atoms with Crippen molar-refractivity contribution >= 4 is 0 Å². The minimum Gasteiger partial charge on any atom is -0.490 e. The van der Waals surface area contributed by atoms with Gasteiger partial charge in [0.25, 0.3) is 0 Å². The molecule has 0 aliphatic carbocycles. The van der Waals surface area contributed by atoms with E-state index in [-0.39, 0.29) is 6.04 Å². The van der Waals surface area contributed by atoms with Crippen LogP contribution >= 0.6 is 0 Å². The normalized spacial score (nSPS) is 12.5. The molecule has 0 aliphatic heterocycles. The van der Waals surface area contributed by atoms with Crippen molar-refractivity contribution in [1.29, 1.82) is 0 Å². The van der Waals surface area contributed by atoms with Crippen LogP contribution in [0, 0.1) is 0 Å². The summed E-state index contributed by atoms with van der Waals surface area (Å²) >= 11 is 0. The van der Waals surface area contributed by atoms with Crippen molar-refractivity contribution in [3.05, 3.63) is 24.3 Å². The van der Waals surface area contributed by atoms with Gasteiger partial charge in [-0.3, -0.25) is 0 Å². The highest BCUT2D eigenvalue weighted by Crippen LogP contribution is 2.26. The molecule has 0 saturated heterocycles. The van der Waals surface area contributed by atoms with Crippen LogP contribution in [-0.2, 0) is 0 Å². The Kier molecular flexibility index (Phi) is 7.30. The quantitative estimate of drug-likeness (QED) is 0.744. The Morgan fingerprint density at radius 1 is 1.16 bits per heavy atom. The molecular formula is C15H26N2O2. The van der Waals surface area contributed by atoms with Crippen LogP contribution in [0.3, 0.4) is 0 Å². The molecule has 108 valence electrons. The second-order valence-electron chi connectivity index (χ2n) is 4.80. The zero-order chi connectivity index (χ0) is 14.1. The van der Waals surface area contributed by atoms with Gasteiger partial charge in [0, 0.05) is 12.6 Å². The van der Waals surface area contributed by atoms with Crippen molar-refractivity contribution < 1.29 is 9.47 Å². The summed E-state index contributed by atoms with van der Waals surface area (Å²) in [5, 5.41) is 0.